The van der Waals surface area contributed by atoms with Crippen molar-refractivity contribution in [3.8, 4) is 17.2 Å². The second kappa shape index (κ2) is 12.9. The molecule has 41 heavy (non-hydrogen) atoms. The largest absolute Gasteiger partial charge is 0.573 e. The van der Waals surface area contributed by atoms with Gasteiger partial charge in [-0.15, -0.1) is 26.3 Å². The van der Waals surface area contributed by atoms with Crippen molar-refractivity contribution in [2.45, 2.75) is 25.7 Å². The van der Waals surface area contributed by atoms with Gasteiger partial charge >= 0.3 is 24.8 Å². The molecule has 3 aromatic carbocycles. The lowest BCUT2D eigenvalue weighted by molar-refractivity contribution is -0.275. The number of halogens is 6. The first-order valence-corrected chi connectivity index (χ1v) is 11.5. The monoisotopic (exact) mass is 586 g/mol. The van der Waals surface area contributed by atoms with E-state index in [-0.39, 0.29) is 36.5 Å². The molecule has 0 aromatic heterocycles. The number of benzene rings is 3. The van der Waals surface area contributed by atoms with Crippen molar-refractivity contribution < 1.29 is 60.0 Å². The summed E-state index contributed by atoms with van der Waals surface area (Å²) < 4.78 is 87.5. The van der Waals surface area contributed by atoms with Crippen LogP contribution in [0.3, 0.4) is 0 Å². The maximum absolute atomic E-state index is 13.1. The first kappa shape index (κ1) is 30.6. The van der Waals surface area contributed by atoms with Crippen LogP contribution >= 0.6 is 0 Å². The Kier molecular flexibility index (Phi) is 9.65. The van der Waals surface area contributed by atoms with Gasteiger partial charge in [0.25, 0.3) is 5.91 Å². The minimum atomic E-state index is -4.92. The molecule has 15 heteroatoms. The average molecular weight is 586 g/mol. The Morgan fingerprint density at radius 3 is 1.71 bits per heavy atom. The highest BCUT2D eigenvalue weighted by Gasteiger charge is 2.32. The number of carboxylic acids is 1. The zero-order valence-corrected chi connectivity index (χ0v) is 20.7. The van der Waals surface area contributed by atoms with Crippen molar-refractivity contribution in [2.24, 2.45) is 0 Å². The SMILES string of the molecule is O=C(O)CCNC(=O)c1ccc(N(Cc2ccc(OC(F)(F)F)cc2)C(=O)Oc2ccc(OC(F)(F)F)cc2)cc1. The third kappa shape index (κ3) is 10.3. The summed E-state index contributed by atoms with van der Waals surface area (Å²) in [5, 5.41) is 11.1. The van der Waals surface area contributed by atoms with Crippen molar-refractivity contribution in [1.29, 1.82) is 0 Å². The Labute approximate surface area is 227 Å². The van der Waals surface area contributed by atoms with Crippen LogP contribution in [0.5, 0.6) is 17.2 Å². The van der Waals surface area contributed by atoms with Gasteiger partial charge in [-0.2, -0.15) is 0 Å². The van der Waals surface area contributed by atoms with Gasteiger partial charge in [0, 0.05) is 17.8 Å². The second-order valence-corrected chi connectivity index (χ2v) is 8.11. The minimum absolute atomic E-state index is 0.116. The topological polar surface area (TPSA) is 114 Å². The van der Waals surface area contributed by atoms with Crippen molar-refractivity contribution in [2.75, 3.05) is 11.4 Å². The van der Waals surface area contributed by atoms with E-state index in [0.717, 1.165) is 41.3 Å². The van der Waals surface area contributed by atoms with E-state index < -0.39 is 42.2 Å². The van der Waals surface area contributed by atoms with Gasteiger partial charge in [-0.3, -0.25) is 14.5 Å². The molecular formula is C26H20F6N2O7. The van der Waals surface area contributed by atoms with Crippen LogP contribution in [-0.2, 0) is 11.3 Å². The fourth-order valence-corrected chi connectivity index (χ4v) is 3.28. The van der Waals surface area contributed by atoms with Gasteiger partial charge in [-0.1, -0.05) is 12.1 Å². The van der Waals surface area contributed by atoms with Crippen LogP contribution in [-0.4, -0.2) is 42.3 Å². The van der Waals surface area contributed by atoms with Crippen LogP contribution in [0.25, 0.3) is 0 Å². The molecule has 0 atom stereocenters. The van der Waals surface area contributed by atoms with E-state index in [1.807, 2.05) is 0 Å². The molecule has 3 aromatic rings. The molecule has 0 fully saturated rings. The molecule has 0 heterocycles. The van der Waals surface area contributed by atoms with Gasteiger partial charge in [0.05, 0.1) is 13.0 Å². The van der Waals surface area contributed by atoms with E-state index in [2.05, 4.69) is 14.8 Å². The van der Waals surface area contributed by atoms with Crippen LogP contribution in [0.15, 0.2) is 72.8 Å². The zero-order valence-electron chi connectivity index (χ0n) is 20.7. The van der Waals surface area contributed by atoms with Gasteiger partial charge in [-0.05, 0) is 66.2 Å². The van der Waals surface area contributed by atoms with E-state index in [1.54, 1.807) is 0 Å². The van der Waals surface area contributed by atoms with Gasteiger partial charge in [0.15, 0.2) is 0 Å². The summed E-state index contributed by atoms with van der Waals surface area (Å²) in [5.74, 6) is -2.86. The molecule has 218 valence electrons. The number of alkyl halides is 6. The Morgan fingerprint density at radius 2 is 1.22 bits per heavy atom. The number of ether oxygens (including phenoxy) is 3. The molecule has 0 radical (unpaired) electrons. The van der Waals surface area contributed by atoms with Gasteiger partial charge in [-0.25, -0.2) is 4.79 Å². The van der Waals surface area contributed by atoms with E-state index in [4.69, 9.17) is 9.84 Å². The normalized spacial score (nSPS) is 11.4. The molecular weight excluding hydrogens is 566 g/mol. The number of hydrogen-bond donors (Lipinski definition) is 2. The summed E-state index contributed by atoms with van der Waals surface area (Å²) in [4.78, 5) is 37.0. The number of carbonyl (C=O) groups is 3. The van der Waals surface area contributed by atoms with E-state index in [0.29, 0.717) is 5.56 Å². The molecule has 0 bridgehead atoms. The number of aliphatic carboxylic acids is 1. The van der Waals surface area contributed by atoms with Crippen LogP contribution in [0, 0.1) is 0 Å². The van der Waals surface area contributed by atoms with Gasteiger partial charge in [0.2, 0.25) is 0 Å². The number of hydrogen-bond acceptors (Lipinski definition) is 6. The molecule has 0 aliphatic rings. The summed E-state index contributed by atoms with van der Waals surface area (Å²) in [7, 11) is 0. The standard InChI is InChI=1S/C26H20F6N2O7/c27-25(28,29)40-20-7-1-16(2-8-20)15-34(18-5-3-17(4-6-18)23(37)33-14-13-22(35)36)24(38)39-19-9-11-21(12-10-19)41-26(30,31)32/h1-12H,13-15H2,(H,33,37)(H,35,36). The Bertz CT molecular complexity index is 1340. The molecule has 0 aliphatic carbocycles. The Morgan fingerprint density at radius 1 is 0.732 bits per heavy atom. The predicted molar refractivity (Wildman–Crippen MR) is 129 cm³/mol. The van der Waals surface area contributed by atoms with Crippen molar-refractivity contribution >= 4 is 23.7 Å². The van der Waals surface area contributed by atoms with E-state index in [1.165, 1.54) is 36.4 Å². The van der Waals surface area contributed by atoms with Crippen molar-refractivity contribution in [1.82, 2.24) is 5.32 Å². The van der Waals surface area contributed by atoms with Crippen molar-refractivity contribution in [3.05, 3.63) is 83.9 Å². The summed E-state index contributed by atoms with van der Waals surface area (Å²) >= 11 is 0. The lowest BCUT2D eigenvalue weighted by atomic mass is 10.1. The number of rotatable bonds is 10. The molecule has 0 saturated heterocycles. The minimum Gasteiger partial charge on any atom is -0.481 e. The fourth-order valence-electron chi connectivity index (χ4n) is 3.28. The smallest absolute Gasteiger partial charge is 0.481 e. The van der Waals surface area contributed by atoms with Crippen LogP contribution in [0.2, 0.25) is 0 Å². The van der Waals surface area contributed by atoms with Crippen LogP contribution in [0.4, 0.5) is 36.8 Å². The summed E-state index contributed by atoms with van der Waals surface area (Å²) in [6.07, 6.45) is -11.1. The number of amides is 2. The predicted octanol–water partition coefficient (Wildman–Crippen LogP) is 5.89. The highest BCUT2D eigenvalue weighted by Crippen LogP contribution is 2.27. The highest BCUT2D eigenvalue weighted by atomic mass is 19.4. The Hall–Kier alpha value is -4.95. The number of carboxylic acid groups (broad SMARTS) is 1. The molecule has 3 rings (SSSR count). The molecule has 2 N–H and O–H groups in total. The fraction of sp³-hybridized carbons (Fsp3) is 0.192. The molecule has 2 amide bonds. The molecule has 0 unspecified atom stereocenters. The summed E-state index contributed by atoms with van der Waals surface area (Å²) in [6, 6.07) is 14.0. The average Bonchev–Trinajstić information content (AvgIpc) is 2.87. The first-order chi connectivity index (χ1) is 19.2. The first-order valence-electron chi connectivity index (χ1n) is 11.5. The van der Waals surface area contributed by atoms with Crippen molar-refractivity contribution in [3.63, 3.8) is 0 Å². The van der Waals surface area contributed by atoms with Gasteiger partial charge in [0.1, 0.15) is 17.2 Å². The lowest BCUT2D eigenvalue weighted by Crippen LogP contribution is -2.33. The zero-order chi connectivity index (χ0) is 30.2. The number of nitrogens with zero attached hydrogens (tertiary/aromatic N) is 1. The molecule has 0 aliphatic heterocycles. The van der Waals surface area contributed by atoms with Crippen LogP contribution < -0.4 is 24.4 Å². The molecule has 0 saturated carbocycles. The lowest BCUT2D eigenvalue weighted by Gasteiger charge is -2.23. The van der Waals surface area contributed by atoms with Crippen LogP contribution in [0.1, 0.15) is 22.3 Å². The number of carbonyl (C=O) groups excluding carboxylic acids is 2. The second-order valence-electron chi connectivity index (χ2n) is 8.11. The third-order valence-corrected chi connectivity index (χ3v) is 5.05. The maximum atomic E-state index is 13.1. The third-order valence-electron chi connectivity index (χ3n) is 5.05. The highest BCUT2D eigenvalue weighted by molar-refractivity contribution is 5.95. The molecule has 9 nitrogen and oxygen atoms in total. The maximum Gasteiger partial charge on any atom is 0.573 e. The Balaban J connectivity index is 1.80. The molecule has 0 spiro atoms. The van der Waals surface area contributed by atoms with Gasteiger partial charge < -0.3 is 24.6 Å². The number of anilines is 1. The summed E-state index contributed by atoms with van der Waals surface area (Å²) in [5.41, 5.74) is 0.673. The summed E-state index contributed by atoms with van der Waals surface area (Å²) in [6.45, 7) is -0.347. The van der Waals surface area contributed by atoms with E-state index >= 15 is 0 Å². The quantitative estimate of drug-likeness (QED) is 0.285. The number of nitrogens with one attached hydrogen (secondary N) is 1. The van der Waals surface area contributed by atoms with E-state index in [9.17, 15) is 40.7 Å².